The summed E-state index contributed by atoms with van der Waals surface area (Å²) in [5.41, 5.74) is 0.736. The number of anilines is 1. The van der Waals surface area contributed by atoms with Crippen LogP contribution >= 0.6 is 11.8 Å². The number of nitrogens with zero attached hydrogens (tertiary/aromatic N) is 1. The molecule has 0 aliphatic heterocycles. The maximum Gasteiger partial charge on any atom is 0.319 e. The average molecular weight is 267 g/mol. The maximum atomic E-state index is 11.6. The predicted molar refractivity (Wildman–Crippen MR) is 73.9 cm³/mol. The van der Waals surface area contributed by atoms with E-state index < -0.39 is 0 Å². The molecule has 2 N–H and O–H groups in total. The molecule has 0 aliphatic carbocycles. The lowest BCUT2D eigenvalue weighted by Gasteiger charge is -2.12. The fraction of sp³-hybridized carbons (Fsp3) is 0.333. The molecule has 0 bridgehead atoms. The van der Waals surface area contributed by atoms with Crippen LogP contribution < -0.4 is 10.6 Å². The van der Waals surface area contributed by atoms with E-state index in [1.54, 1.807) is 25.9 Å². The van der Waals surface area contributed by atoms with Gasteiger partial charge in [0.15, 0.2) is 0 Å². The second-order valence-corrected chi connectivity index (χ2v) is 4.64. The van der Waals surface area contributed by atoms with Crippen molar-refractivity contribution in [2.75, 3.05) is 32.2 Å². The Morgan fingerprint density at radius 3 is 2.56 bits per heavy atom. The number of likely N-dealkylation sites (N-methyl/N-ethyl adjacent to an activating group) is 1. The third-order valence-corrected chi connectivity index (χ3v) is 3.05. The number of hydrogen-bond acceptors (Lipinski definition) is 3. The quantitative estimate of drug-likeness (QED) is 0.815. The Labute approximate surface area is 111 Å². The molecule has 0 saturated heterocycles. The first-order valence-corrected chi connectivity index (χ1v) is 6.65. The standard InChI is InChI=1S/C12H17N3O2S/c1-15(2)11(16)8-13-12(17)14-9-6-4-5-7-10(9)18-3/h4-7H,8H2,1-3H3,(H2,13,14,17). The number of benzene rings is 1. The summed E-state index contributed by atoms with van der Waals surface area (Å²) in [6.45, 7) is -0.0136. The van der Waals surface area contributed by atoms with Gasteiger partial charge in [-0.3, -0.25) is 4.79 Å². The minimum absolute atomic E-state index is 0.0136. The van der Waals surface area contributed by atoms with Crippen LogP contribution in [0.5, 0.6) is 0 Å². The van der Waals surface area contributed by atoms with Gasteiger partial charge in [-0.25, -0.2) is 4.79 Å². The topological polar surface area (TPSA) is 61.4 Å². The number of amides is 3. The summed E-state index contributed by atoms with van der Waals surface area (Å²) in [5.74, 6) is -0.150. The lowest BCUT2D eigenvalue weighted by molar-refractivity contribution is -0.127. The number of hydrogen-bond donors (Lipinski definition) is 2. The van der Waals surface area contributed by atoms with Crippen LogP contribution in [0.15, 0.2) is 29.2 Å². The summed E-state index contributed by atoms with van der Waals surface area (Å²) in [6, 6.07) is 7.11. The molecular weight excluding hydrogens is 250 g/mol. The summed E-state index contributed by atoms with van der Waals surface area (Å²) in [4.78, 5) is 25.3. The van der Waals surface area contributed by atoms with Crippen LogP contribution in [0.4, 0.5) is 10.5 Å². The molecule has 0 radical (unpaired) electrons. The average Bonchev–Trinajstić information content (AvgIpc) is 2.36. The van der Waals surface area contributed by atoms with E-state index in [1.165, 1.54) is 4.90 Å². The van der Waals surface area contributed by atoms with E-state index in [0.29, 0.717) is 0 Å². The number of carbonyl (C=O) groups is 2. The molecule has 0 saturated carbocycles. The second kappa shape index (κ2) is 6.90. The molecule has 0 unspecified atom stereocenters. The highest BCUT2D eigenvalue weighted by Crippen LogP contribution is 2.24. The molecule has 1 rings (SSSR count). The SMILES string of the molecule is CSc1ccccc1NC(=O)NCC(=O)N(C)C. The molecule has 3 amide bonds. The van der Waals surface area contributed by atoms with Crippen molar-refractivity contribution in [3.05, 3.63) is 24.3 Å². The van der Waals surface area contributed by atoms with E-state index in [9.17, 15) is 9.59 Å². The normalized spacial score (nSPS) is 9.72. The van der Waals surface area contributed by atoms with Crippen molar-refractivity contribution >= 4 is 29.4 Å². The Kier molecular flexibility index (Phi) is 5.51. The number of rotatable bonds is 4. The number of nitrogens with one attached hydrogen (secondary N) is 2. The monoisotopic (exact) mass is 267 g/mol. The first-order valence-electron chi connectivity index (χ1n) is 5.42. The predicted octanol–water partition coefficient (Wildman–Crippen LogP) is 1.62. The van der Waals surface area contributed by atoms with Crippen molar-refractivity contribution in [2.45, 2.75) is 4.90 Å². The molecule has 5 nitrogen and oxygen atoms in total. The zero-order valence-electron chi connectivity index (χ0n) is 10.7. The largest absolute Gasteiger partial charge is 0.347 e. The van der Waals surface area contributed by atoms with E-state index >= 15 is 0 Å². The van der Waals surface area contributed by atoms with Crippen LogP contribution in [-0.2, 0) is 4.79 Å². The highest BCUT2D eigenvalue weighted by Gasteiger charge is 2.08. The summed E-state index contributed by atoms with van der Waals surface area (Å²) in [5, 5.41) is 5.23. The van der Waals surface area contributed by atoms with Crippen LogP contribution in [-0.4, -0.2) is 43.7 Å². The zero-order valence-corrected chi connectivity index (χ0v) is 11.5. The fourth-order valence-electron chi connectivity index (χ4n) is 1.23. The van der Waals surface area contributed by atoms with Crippen molar-refractivity contribution in [2.24, 2.45) is 0 Å². The third kappa shape index (κ3) is 4.29. The van der Waals surface area contributed by atoms with E-state index in [-0.39, 0.29) is 18.5 Å². The van der Waals surface area contributed by atoms with Gasteiger partial charge in [0.2, 0.25) is 5.91 Å². The lowest BCUT2D eigenvalue weighted by atomic mass is 10.3. The molecule has 0 spiro atoms. The van der Waals surface area contributed by atoms with E-state index in [4.69, 9.17) is 0 Å². The Hall–Kier alpha value is -1.69. The van der Waals surface area contributed by atoms with Gasteiger partial charge in [0, 0.05) is 19.0 Å². The summed E-state index contributed by atoms with van der Waals surface area (Å²) in [6.07, 6.45) is 1.94. The van der Waals surface area contributed by atoms with Crippen LogP contribution in [0.1, 0.15) is 0 Å². The molecule has 1 aromatic carbocycles. The van der Waals surface area contributed by atoms with Crippen LogP contribution in [0.3, 0.4) is 0 Å². The summed E-state index contributed by atoms with van der Waals surface area (Å²) < 4.78 is 0. The molecule has 0 atom stereocenters. The smallest absolute Gasteiger partial charge is 0.319 e. The van der Waals surface area contributed by atoms with Crippen LogP contribution in [0.2, 0.25) is 0 Å². The van der Waals surface area contributed by atoms with Crippen LogP contribution in [0.25, 0.3) is 0 Å². The van der Waals surface area contributed by atoms with Gasteiger partial charge in [-0.1, -0.05) is 12.1 Å². The van der Waals surface area contributed by atoms with Gasteiger partial charge in [-0.15, -0.1) is 11.8 Å². The maximum absolute atomic E-state index is 11.6. The number of carbonyl (C=O) groups excluding carboxylic acids is 2. The minimum atomic E-state index is -0.383. The van der Waals surface area contributed by atoms with Gasteiger partial charge in [0.1, 0.15) is 0 Å². The Morgan fingerprint density at radius 2 is 1.94 bits per heavy atom. The zero-order chi connectivity index (χ0) is 13.5. The second-order valence-electron chi connectivity index (χ2n) is 3.80. The van der Waals surface area contributed by atoms with E-state index in [1.807, 2.05) is 30.5 Å². The van der Waals surface area contributed by atoms with Crippen LogP contribution in [0, 0.1) is 0 Å². The lowest BCUT2D eigenvalue weighted by Crippen LogP contribution is -2.38. The van der Waals surface area contributed by atoms with Crippen molar-refractivity contribution in [3.8, 4) is 0 Å². The van der Waals surface area contributed by atoms with E-state index in [2.05, 4.69) is 10.6 Å². The summed E-state index contributed by atoms with van der Waals surface area (Å²) >= 11 is 1.55. The Morgan fingerprint density at radius 1 is 1.28 bits per heavy atom. The highest BCUT2D eigenvalue weighted by molar-refractivity contribution is 7.98. The van der Waals surface area contributed by atoms with Crippen molar-refractivity contribution in [1.29, 1.82) is 0 Å². The van der Waals surface area contributed by atoms with Crippen molar-refractivity contribution < 1.29 is 9.59 Å². The first-order chi connectivity index (χ1) is 8.54. The fourth-order valence-corrected chi connectivity index (χ4v) is 1.78. The minimum Gasteiger partial charge on any atom is -0.347 e. The molecule has 18 heavy (non-hydrogen) atoms. The van der Waals surface area contributed by atoms with Crippen molar-refractivity contribution in [1.82, 2.24) is 10.2 Å². The number of thioether (sulfide) groups is 1. The van der Waals surface area contributed by atoms with Gasteiger partial charge in [-0.2, -0.15) is 0 Å². The van der Waals surface area contributed by atoms with Gasteiger partial charge in [0.25, 0.3) is 0 Å². The molecule has 0 fully saturated rings. The van der Waals surface area contributed by atoms with Gasteiger partial charge >= 0.3 is 6.03 Å². The van der Waals surface area contributed by atoms with Gasteiger partial charge < -0.3 is 15.5 Å². The first kappa shape index (κ1) is 14.4. The molecular formula is C12H17N3O2S. The molecule has 1 aromatic rings. The highest BCUT2D eigenvalue weighted by atomic mass is 32.2. The number of para-hydroxylation sites is 1. The summed E-state index contributed by atoms with van der Waals surface area (Å²) in [7, 11) is 3.29. The Balaban J connectivity index is 2.52. The van der Waals surface area contributed by atoms with Gasteiger partial charge in [-0.05, 0) is 18.4 Å². The third-order valence-electron chi connectivity index (χ3n) is 2.25. The molecule has 6 heteroatoms. The molecule has 98 valence electrons. The van der Waals surface area contributed by atoms with E-state index in [0.717, 1.165) is 10.6 Å². The molecule has 0 heterocycles. The molecule has 0 aromatic heterocycles. The molecule has 0 aliphatic rings. The van der Waals surface area contributed by atoms with Gasteiger partial charge in [0.05, 0.1) is 12.2 Å². The Bertz CT molecular complexity index is 435. The van der Waals surface area contributed by atoms with Crippen molar-refractivity contribution in [3.63, 3.8) is 0 Å². The number of urea groups is 1.